The SMILES string of the molecule is CN1C[C@@H]2C[C@]2(C#Cc2cc3ncnc(Nc4cccc(Cl)c4F)c3cc2NC(=O)CCCN2CCOCC2)C1. The number of nitrogens with one attached hydrogen (secondary N) is 2. The summed E-state index contributed by atoms with van der Waals surface area (Å²) in [5.41, 5.74) is 2.19. The van der Waals surface area contributed by atoms with Crippen LogP contribution in [-0.4, -0.2) is 78.7 Å². The van der Waals surface area contributed by atoms with E-state index in [1.807, 2.05) is 12.1 Å². The van der Waals surface area contributed by atoms with Gasteiger partial charge in [0.15, 0.2) is 5.82 Å². The fraction of sp³-hybridized carbons (Fsp3) is 0.433. The van der Waals surface area contributed by atoms with E-state index in [-0.39, 0.29) is 22.0 Å². The standard InChI is InChI=1S/C30H32ClFN6O2/c1-37-17-21-16-30(21,18-37)8-7-20-14-26-22(29(34-19-33-26)36-24-5-2-4-23(31)28(24)32)15-25(20)35-27(39)6-3-9-38-10-12-40-13-11-38/h2,4-5,14-15,19,21H,3,6,9-13,16-18H2,1H3,(H,35,39)(H,33,34,36)/t21-,30+/m0/s1. The minimum atomic E-state index is -0.563. The molecule has 3 heterocycles. The zero-order valence-electron chi connectivity index (χ0n) is 22.5. The Morgan fingerprint density at radius 1 is 1.25 bits per heavy atom. The summed E-state index contributed by atoms with van der Waals surface area (Å²) in [4.78, 5) is 26.5. The lowest BCUT2D eigenvalue weighted by molar-refractivity contribution is -0.116. The van der Waals surface area contributed by atoms with Crippen molar-refractivity contribution in [3.05, 3.63) is 53.1 Å². The highest BCUT2D eigenvalue weighted by Gasteiger charge is 2.58. The van der Waals surface area contributed by atoms with Gasteiger partial charge in [-0.2, -0.15) is 0 Å². The zero-order chi connectivity index (χ0) is 27.7. The molecule has 1 aromatic heterocycles. The van der Waals surface area contributed by atoms with Crippen LogP contribution in [0.5, 0.6) is 0 Å². The van der Waals surface area contributed by atoms with Crippen molar-refractivity contribution in [3.8, 4) is 11.8 Å². The maximum absolute atomic E-state index is 14.6. The number of hydrogen-bond acceptors (Lipinski definition) is 7. The molecule has 40 heavy (non-hydrogen) atoms. The summed E-state index contributed by atoms with van der Waals surface area (Å²) >= 11 is 5.98. The summed E-state index contributed by atoms with van der Waals surface area (Å²) in [7, 11) is 2.13. The lowest BCUT2D eigenvalue weighted by Gasteiger charge is -2.26. The number of nitrogens with zero attached hydrogens (tertiary/aromatic N) is 4. The molecule has 3 aromatic rings. The summed E-state index contributed by atoms with van der Waals surface area (Å²) in [5, 5.41) is 6.78. The number of carbonyl (C=O) groups excluding carboxylic acids is 1. The lowest BCUT2D eigenvalue weighted by atomic mass is 10.0. The minimum absolute atomic E-state index is 0.0151. The fourth-order valence-electron chi connectivity index (χ4n) is 5.76. The molecule has 3 aliphatic rings. The maximum Gasteiger partial charge on any atom is 0.224 e. The third kappa shape index (κ3) is 5.77. The maximum atomic E-state index is 14.6. The molecule has 208 valence electrons. The Labute approximate surface area is 238 Å². The van der Waals surface area contributed by atoms with Crippen LogP contribution in [-0.2, 0) is 9.53 Å². The van der Waals surface area contributed by atoms with E-state index in [0.717, 1.165) is 58.8 Å². The molecule has 2 atom stereocenters. The van der Waals surface area contributed by atoms with Crippen molar-refractivity contribution in [2.24, 2.45) is 11.3 Å². The van der Waals surface area contributed by atoms with Crippen molar-refractivity contribution < 1.29 is 13.9 Å². The van der Waals surface area contributed by atoms with Gasteiger partial charge in [0.25, 0.3) is 0 Å². The lowest BCUT2D eigenvalue weighted by Crippen LogP contribution is -2.37. The molecule has 1 saturated carbocycles. The number of anilines is 3. The van der Waals surface area contributed by atoms with Gasteiger partial charge in [0.2, 0.25) is 5.91 Å². The van der Waals surface area contributed by atoms with Gasteiger partial charge in [-0.1, -0.05) is 29.5 Å². The largest absolute Gasteiger partial charge is 0.379 e. The molecule has 6 rings (SSSR count). The van der Waals surface area contributed by atoms with E-state index in [2.05, 4.69) is 49.3 Å². The van der Waals surface area contributed by atoms with Gasteiger partial charge >= 0.3 is 0 Å². The van der Waals surface area contributed by atoms with E-state index < -0.39 is 5.82 Å². The van der Waals surface area contributed by atoms with Crippen molar-refractivity contribution in [2.75, 3.05) is 63.6 Å². The predicted molar refractivity (Wildman–Crippen MR) is 154 cm³/mol. The molecule has 2 N–H and O–H groups in total. The molecule has 2 saturated heterocycles. The molecular weight excluding hydrogens is 531 g/mol. The summed E-state index contributed by atoms with van der Waals surface area (Å²) in [6.07, 6.45) is 3.68. The first kappa shape index (κ1) is 26.9. The Hall–Kier alpha value is -3.29. The Balaban J connectivity index is 1.28. The number of ether oxygens (including phenoxy) is 1. The number of amides is 1. The third-order valence-corrected chi connectivity index (χ3v) is 8.29. The zero-order valence-corrected chi connectivity index (χ0v) is 23.2. The number of likely N-dealkylation sites (tertiary alicyclic amines) is 1. The number of halogens is 2. The van der Waals surface area contributed by atoms with Crippen LogP contribution in [0.25, 0.3) is 10.9 Å². The van der Waals surface area contributed by atoms with Crippen molar-refractivity contribution >= 4 is 45.6 Å². The van der Waals surface area contributed by atoms with Gasteiger partial charge in [-0.05, 0) is 56.6 Å². The number of fused-ring (bicyclic) bond motifs is 2. The van der Waals surface area contributed by atoms with E-state index in [4.69, 9.17) is 16.3 Å². The number of piperidine rings is 1. The highest BCUT2D eigenvalue weighted by Crippen LogP contribution is 2.57. The third-order valence-electron chi connectivity index (χ3n) is 8.00. The minimum Gasteiger partial charge on any atom is -0.379 e. The molecule has 3 fully saturated rings. The number of hydrogen-bond donors (Lipinski definition) is 2. The number of rotatable bonds is 7. The monoisotopic (exact) mass is 562 g/mol. The summed E-state index contributed by atoms with van der Waals surface area (Å²) in [6, 6.07) is 8.45. The molecule has 1 aliphatic carbocycles. The first-order valence-electron chi connectivity index (χ1n) is 13.7. The number of aromatic nitrogens is 2. The van der Waals surface area contributed by atoms with Crippen LogP contribution >= 0.6 is 11.6 Å². The van der Waals surface area contributed by atoms with Gasteiger partial charge in [0.05, 0.1) is 40.7 Å². The number of carbonyl (C=O) groups is 1. The summed E-state index contributed by atoms with van der Waals surface area (Å²) in [6.45, 7) is 6.15. The molecule has 2 aromatic carbocycles. The predicted octanol–water partition coefficient (Wildman–Crippen LogP) is 4.52. The molecule has 0 bridgehead atoms. The van der Waals surface area contributed by atoms with Crippen LogP contribution in [0.4, 0.5) is 21.6 Å². The van der Waals surface area contributed by atoms with E-state index in [1.165, 1.54) is 12.4 Å². The normalized spacial score (nSPS) is 22.4. The van der Waals surface area contributed by atoms with E-state index in [9.17, 15) is 9.18 Å². The van der Waals surface area contributed by atoms with Gasteiger partial charge in [0.1, 0.15) is 12.1 Å². The molecule has 1 amide bonds. The van der Waals surface area contributed by atoms with Crippen molar-refractivity contribution in [3.63, 3.8) is 0 Å². The summed E-state index contributed by atoms with van der Waals surface area (Å²) < 4.78 is 20.1. The molecule has 0 radical (unpaired) electrons. The topological polar surface area (TPSA) is 82.6 Å². The second kappa shape index (κ2) is 11.3. The van der Waals surface area contributed by atoms with Crippen LogP contribution in [0, 0.1) is 29.0 Å². The molecular formula is C30H32ClFN6O2. The molecule has 0 spiro atoms. The first-order valence-corrected chi connectivity index (χ1v) is 14.1. The van der Waals surface area contributed by atoms with Crippen LogP contribution in [0.1, 0.15) is 24.8 Å². The van der Waals surface area contributed by atoms with Gasteiger partial charge in [-0.15, -0.1) is 0 Å². The number of morpholine rings is 1. The Kier molecular flexibility index (Phi) is 7.60. The quantitative estimate of drug-likeness (QED) is 0.410. The molecule has 10 heteroatoms. The Bertz CT molecular complexity index is 1500. The Morgan fingerprint density at radius 2 is 2.10 bits per heavy atom. The van der Waals surface area contributed by atoms with E-state index >= 15 is 0 Å². The van der Waals surface area contributed by atoms with Crippen molar-refractivity contribution in [1.82, 2.24) is 19.8 Å². The molecule has 0 unspecified atom stereocenters. The van der Waals surface area contributed by atoms with Gasteiger partial charge < -0.3 is 20.3 Å². The molecule has 8 nitrogen and oxygen atoms in total. The Morgan fingerprint density at radius 3 is 2.90 bits per heavy atom. The van der Waals surface area contributed by atoms with Crippen molar-refractivity contribution in [1.29, 1.82) is 0 Å². The van der Waals surface area contributed by atoms with Gasteiger partial charge in [0, 0.05) is 43.4 Å². The smallest absolute Gasteiger partial charge is 0.224 e. The average Bonchev–Trinajstić information content (AvgIpc) is 3.51. The number of benzene rings is 2. The van der Waals surface area contributed by atoms with Crippen LogP contribution in [0.15, 0.2) is 36.7 Å². The van der Waals surface area contributed by atoms with Gasteiger partial charge in [-0.3, -0.25) is 9.69 Å². The molecule has 2 aliphatic heterocycles. The van der Waals surface area contributed by atoms with E-state index in [0.29, 0.717) is 40.3 Å². The van der Waals surface area contributed by atoms with Crippen molar-refractivity contribution in [2.45, 2.75) is 19.3 Å². The fourth-order valence-corrected chi connectivity index (χ4v) is 5.93. The highest BCUT2D eigenvalue weighted by atomic mass is 35.5. The second-order valence-corrected chi connectivity index (χ2v) is 11.4. The summed E-state index contributed by atoms with van der Waals surface area (Å²) in [5.74, 6) is 7.28. The van der Waals surface area contributed by atoms with Crippen LogP contribution in [0.3, 0.4) is 0 Å². The second-order valence-electron chi connectivity index (χ2n) is 11.0. The van der Waals surface area contributed by atoms with Crippen LogP contribution in [0.2, 0.25) is 5.02 Å². The first-order chi connectivity index (χ1) is 19.4. The highest BCUT2D eigenvalue weighted by molar-refractivity contribution is 6.31. The van der Waals surface area contributed by atoms with Crippen LogP contribution < -0.4 is 10.6 Å². The van der Waals surface area contributed by atoms with E-state index in [1.54, 1.807) is 12.1 Å². The average molecular weight is 563 g/mol. The van der Waals surface area contributed by atoms with Gasteiger partial charge in [-0.25, -0.2) is 14.4 Å².